The van der Waals surface area contributed by atoms with Crippen LogP contribution in [0.3, 0.4) is 0 Å². The Balaban J connectivity index is 2.06. The van der Waals surface area contributed by atoms with E-state index in [9.17, 15) is 18.3 Å². The molecular formula is C15H21NO6S. The summed E-state index contributed by atoms with van der Waals surface area (Å²) in [6.45, 7) is 1.49. The molecular weight excluding hydrogens is 322 g/mol. The Morgan fingerprint density at radius 3 is 2.52 bits per heavy atom. The molecule has 2 rings (SSSR count). The summed E-state index contributed by atoms with van der Waals surface area (Å²) in [6.07, 6.45) is -0.593. The van der Waals surface area contributed by atoms with Crippen LogP contribution >= 0.6 is 0 Å². The number of ether oxygens (including phenoxy) is 1. The fourth-order valence-corrected chi connectivity index (χ4v) is 3.89. The molecule has 0 spiro atoms. The lowest BCUT2D eigenvalue weighted by Crippen LogP contribution is -2.51. The molecule has 0 amide bonds. The van der Waals surface area contributed by atoms with E-state index in [0.717, 1.165) is 5.56 Å². The van der Waals surface area contributed by atoms with Gasteiger partial charge in [0.25, 0.3) is 0 Å². The molecule has 1 fully saturated rings. The second-order valence-corrected chi connectivity index (χ2v) is 7.41. The maximum Gasteiger partial charge on any atom is 0.305 e. The van der Waals surface area contributed by atoms with Gasteiger partial charge in [-0.25, -0.2) is 13.1 Å². The summed E-state index contributed by atoms with van der Waals surface area (Å²) in [7, 11) is -3.72. The van der Waals surface area contributed by atoms with Crippen molar-refractivity contribution in [1.82, 2.24) is 4.72 Å². The summed E-state index contributed by atoms with van der Waals surface area (Å²) in [6, 6.07) is 5.86. The summed E-state index contributed by atoms with van der Waals surface area (Å²) >= 11 is 0. The van der Waals surface area contributed by atoms with E-state index >= 15 is 0 Å². The Labute approximate surface area is 135 Å². The van der Waals surface area contributed by atoms with E-state index in [0.29, 0.717) is 12.8 Å². The van der Waals surface area contributed by atoms with Crippen molar-refractivity contribution in [1.29, 1.82) is 0 Å². The number of carboxylic acids is 1. The third-order valence-electron chi connectivity index (χ3n) is 3.84. The van der Waals surface area contributed by atoms with E-state index in [1.165, 1.54) is 12.1 Å². The quantitative estimate of drug-likeness (QED) is 0.699. The number of aliphatic carboxylic acids is 1. The van der Waals surface area contributed by atoms with E-state index in [1.54, 1.807) is 12.1 Å². The lowest BCUT2D eigenvalue weighted by atomic mass is 9.98. The van der Waals surface area contributed by atoms with Crippen LogP contribution in [0.5, 0.6) is 0 Å². The van der Waals surface area contributed by atoms with Gasteiger partial charge in [-0.15, -0.1) is 0 Å². The second kappa shape index (κ2) is 7.39. The number of carbonyl (C=O) groups is 1. The van der Waals surface area contributed by atoms with Crippen molar-refractivity contribution in [2.45, 2.75) is 49.3 Å². The summed E-state index contributed by atoms with van der Waals surface area (Å²) in [4.78, 5) is 10.9. The molecule has 0 aromatic heterocycles. The van der Waals surface area contributed by atoms with E-state index in [1.807, 2.05) is 6.92 Å². The van der Waals surface area contributed by atoms with Gasteiger partial charge in [-0.3, -0.25) is 4.79 Å². The van der Waals surface area contributed by atoms with Gasteiger partial charge in [0.2, 0.25) is 10.0 Å². The molecule has 1 aliphatic rings. The third kappa shape index (κ3) is 4.74. The smallest absolute Gasteiger partial charge is 0.305 e. The molecule has 1 aliphatic heterocycles. The molecule has 0 aliphatic carbocycles. The number of carboxylic acid groups (broad SMARTS) is 1. The minimum Gasteiger partial charge on any atom is -0.481 e. The molecule has 1 aromatic carbocycles. The van der Waals surface area contributed by atoms with E-state index in [4.69, 9.17) is 9.84 Å². The number of aliphatic hydroxyl groups excluding tert-OH is 1. The van der Waals surface area contributed by atoms with Gasteiger partial charge in [-0.05, 0) is 31.9 Å². The number of hydrogen-bond acceptors (Lipinski definition) is 5. The molecule has 0 unspecified atom stereocenters. The van der Waals surface area contributed by atoms with Crippen LogP contribution in [0, 0.1) is 6.92 Å². The van der Waals surface area contributed by atoms with Gasteiger partial charge < -0.3 is 14.9 Å². The van der Waals surface area contributed by atoms with E-state index in [-0.39, 0.29) is 17.9 Å². The Bertz CT molecular complexity index is 642. The van der Waals surface area contributed by atoms with Crippen molar-refractivity contribution in [2.75, 3.05) is 6.61 Å². The fourth-order valence-electron chi connectivity index (χ4n) is 2.60. The molecule has 0 saturated carbocycles. The van der Waals surface area contributed by atoms with Crippen LogP contribution in [-0.2, 0) is 19.6 Å². The summed E-state index contributed by atoms with van der Waals surface area (Å²) in [5, 5.41) is 18.2. The van der Waals surface area contributed by atoms with Crippen molar-refractivity contribution in [2.24, 2.45) is 0 Å². The zero-order valence-electron chi connectivity index (χ0n) is 12.8. The molecule has 0 radical (unpaired) electrons. The highest BCUT2D eigenvalue weighted by atomic mass is 32.2. The van der Waals surface area contributed by atoms with Gasteiger partial charge in [0.05, 0.1) is 36.2 Å². The molecule has 128 valence electrons. The summed E-state index contributed by atoms with van der Waals surface area (Å²) in [5.41, 5.74) is 0.953. The monoisotopic (exact) mass is 343 g/mol. The average Bonchev–Trinajstić information content (AvgIpc) is 2.48. The Hall–Kier alpha value is -1.48. The first-order valence-electron chi connectivity index (χ1n) is 7.39. The van der Waals surface area contributed by atoms with Gasteiger partial charge >= 0.3 is 5.97 Å². The summed E-state index contributed by atoms with van der Waals surface area (Å²) < 4.78 is 32.8. The fraction of sp³-hybridized carbons (Fsp3) is 0.533. The molecule has 3 atom stereocenters. The first-order chi connectivity index (χ1) is 10.8. The maximum absolute atomic E-state index is 12.4. The first kappa shape index (κ1) is 17.9. The number of nitrogens with one attached hydrogen (secondary N) is 1. The van der Waals surface area contributed by atoms with Crippen LogP contribution in [-0.4, -0.2) is 49.5 Å². The van der Waals surface area contributed by atoms with Crippen molar-refractivity contribution in [3.8, 4) is 0 Å². The highest BCUT2D eigenvalue weighted by molar-refractivity contribution is 7.89. The van der Waals surface area contributed by atoms with Crippen molar-refractivity contribution in [3.63, 3.8) is 0 Å². The predicted octanol–water partition coefficient (Wildman–Crippen LogP) is 0.657. The normalized spacial score (nSPS) is 25.2. The first-order valence-corrected chi connectivity index (χ1v) is 8.87. The lowest BCUT2D eigenvalue weighted by molar-refractivity contribution is -0.145. The SMILES string of the molecule is Cc1ccc(S(=O)(=O)N[C@@H]2CC[C@@H](CC(=O)O)O[C@@H]2CO)cc1. The second-order valence-electron chi connectivity index (χ2n) is 5.70. The molecule has 7 nitrogen and oxygen atoms in total. The van der Waals surface area contributed by atoms with Gasteiger partial charge in [-0.1, -0.05) is 17.7 Å². The number of sulfonamides is 1. The molecule has 8 heteroatoms. The molecule has 0 bridgehead atoms. The molecule has 1 heterocycles. The van der Waals surface area contributed by atoms with Crippen LogP contribution in [0.15, 0.2) is 29.2 Å². The van der Waals surface area contributed by atoms with Crippen LogP contribution in [0.4, 0.5) is 0 Å². The minimum absolute atomic E-state index is 0.146. The highest BCUT2D eigenvalue weighted by Crippen LogP contribution is 2.23. The van der Waals surface area contributed by atoms with Gasteiger partial charge in [0.1, 0.15) is 0 Å². The maximum atomic E-state index is 12.4. The average molecular weight is 343 g/mol. The number of aryl methyl sites for hydroxylation is 1. The number of rotatable bonds is 6. The third-order valence-corrected chi connectivity index (χ3v) is 5.34. The van der Waals surface area contributed by atoms with Crippen molar-refractivity contribution in [3.05, 3.63) is 29.8 Å². The Morgan fingerprint density at radius 1 is 1.30 bits per heavy atom. The zero-order chi connectivity index (χ0) is 17.0. The molecule has 1 saturated heterocycles. The number of aliphatic hydroxyl groups is 1. The zero-order valence-corrected chi connectivity index (χ0v) is 13.6. The van der Waals surface area contributed by atoms with E-state index < -0.39 is 34.2 Å². The van der Waals surface area contributed by atoms with Crippen molar-refractivity contribution >= 4 is 16.0 Å². The molecule has 23 heavy (non-hydrogen) atoms. The van der Waals surface area contributed by atoms with Crippen LogP contribution < -0.4 is 4.72 Å². The van der Waals surface area contributed by atoms with Gasteiger partial charge in [0, 0.05) is 0 Å². The Kier molecular flexibility index (Phi) is 5.74. The summed E-state index contributed by atoms with van der Waals surface area (Å²) in [5.74, 6) is -0.981. The van der Waals surface area contributed by atoms with Crippen LogP contribution in [0.1, 0.15) is 24.8 Å². The number of benzene rings is 1. The standard InChI is InChI=1S/C15H21NO6S/c1-10-2-5-12(6-3-10)23(20,21)16-13-7-4-11(8-15(18)19)22-14(13)9-17/h2-3,5-6,11,13-14,16-17H,4,7-9H2,1H3,(H,18,19)/t11-,13+,14+/m0/s1. The molecule has 1 aromatic rings. The van der Waals surface area contributed by atoms with Crippen LogP contribution in [0.2, 0.25) is 0 Å². The predicted molar refractivity (Wildman–Crippen MR) is 82.5 cm³/mol. The van der Waals surface area contributed by atoms with Crippen molar-refractivity contribution < 1.29 is 28.2 Å². The van der Waals surface area contributed by atoms with Crippen LogP contribution in [0.25, 0.3) is 0 Å². The number of hydrogen-bond donors (Lipinski definition) is 3. The largest absolute Gasteiger partial charge is 0.481 e. The topological polar surface area (TPSA) is 113 Å². The molecule has 3 N–H and O–H groups in total. The van der Waals surface area contributed by atoms with Gasteiger partial charge in [0.15, 0.2) is 0 Å². The highest BCUT2D eigenvalue weighted by Gasteiger charge is 2.34. The lowest BCUT2D eigenvalue weighted by Gasteiger charge is -2.35. The van der Waals surface area contributed by atoms with Gasteiger partial charge in [-0.2, -0.15) is 0 Å². The minimum atomic E-state index is -3.72. The Morgan fingerprint density at radius 2 is 1.96 bits per heavy atom. The van der Waals surface area contributed by atoms with E-state index in [2.05, 4.69) is 4.72 Å².